The Morgan fingerprint density at radius 3 is 2.80 bits per heavy atom. The van der Waals surface area contributed by atoms with Crippen molar-refractivity contribution >= 4 is 28.8 Å². The molecule has 5 nitrogen and oxygen atoms in total. The van der Waals surface area contributed by atoms with Crippen molar-refractivity contribution in [1.29, 1.82) is 0 Å². The molecule has 2 amide bonds. The summed E-state index contributed by atoms with van der Waals surface area (Å²) in [6, 6.07) is 2.80. The smallest absolute Gasteiger partial charge is 0.255 e. The minimum Gasteiger partial charge on any atom is -0.340 e. The van der Waals surface area contributed by atoms with E-state index in [1.165, 1.54) is 17.4 Å². The van der Waals surface area contributed by atoms with Crippen molar-refractivity contribution in [3.63, 3.8) is 0 Å². The maximum Gasteiger partial charge on any atom is 0.255 e. The molecule has 2 aliphatic rings. The van der Waals surface area contributed by atoms with Crippen LogP contribution in [-0.2, 0) is 16.8 Å². The second-order valence-corrected chi connectivity index (χ2v) is 7.51. The zero-order valence-corrected chi connectivity index (χ0v) is 14.4. The molecule has 0 spiro atoms. The predicted molar refractivity (Wildman–Crippen MR) is 93.1 cm³/mol. The number of carbonyl (C=O) groups is 2. The van der Waals surface area contributed by atoms with Crippen molar-refractivity contribution in [2.75, 3.05) is 5.32 Å². The molecule has 1 aliphatic heterocycles. The maximum atomic E-state index is 14.5. The van der Waals surface area contributed by atoms with E-state index in [-0.39, 0.29) is 11.5 Å². The molecule has 0 atom stereocenters. The van der Waals surface area contributed by atoms with Gasteiger partial charge in [-0.05, 0) is 37.0 Å². The van der Waals surface area contributed by atoms with Crippen molar-refractivity contribution in [3.8, 4) is 0 Å². The molecule has 25 heavy (non-hydrogen) atoms. The van der Waals surface area contributed by atoms with Gasteiger partial charge in [-0.3, -0.25) is 9.59 Å². The zero-order valence-electron chi connectivity index (χ0n) is 13.6. The van der Waals surface area contributed by atoms with Gasteiger partial charge in [0.15, 0.2) is 0 Å². The summed E-state index contributed by atoms with van der Waals surface area (Å²) < 4.78 is 14.5. The largest absolute Gasteiger partial charge is 0.340 e. The Labute approximate surface area is 148 Å². The van der Waals surface area contributed by atoms with Gasteiger partial charge in [-0.15, -0.1) is 11.3 Å². The number of hydrogen-bond acceptors (Lipinski definition) is 4. The number of anilines is 1. The van der Waals surface area contributed by atoms with E-state index in [1.807, 2.05) is 5.38 Å². The SMILES string of the molecule is O=C1CCc2cc(C(=O)NC3(c4nccs4)CCCC3)c(F)cc2N1. The van der Waals surface area contributed by atoms with Crippen LogP contribution in [0.5, 0.6) is 0 Å². The third kappa shape index (κ3) is 2.93. The van der Waals surface area contributed by atoms with E-state index in [0.29, 0.717) is 18.5 Å². The summed E-state index contributed by atoms with van der Waals surface area (Å²) in [6.45, 7) is 0. The van der Waals surface area contributed by atoms with Crippen LogP contribution in [0.3, 0.4) is 0 Å². The fraction of sp³-hybridized carbons (Fsp3) is 0.389. The molecule has 1 aromatic heterocycles. The Morgan fingerprint density at radius 2 is 2.08 bits per heavy atom. The number of halogens is 1. The number of nitrogens with zero attached hydrogens (tertiary/aromatic N) is 1. The van der Waals surface area contributed by atoms with Gasteiger partial charge < -0.3 is 10.6 Å². The van der Waals surface area contributed by atoms with Gasteiger partial charge in [0, 0.05) is 23.7 Å². The molecule has 1 aromatic carbocycles. The fourth-order valence-electron chi connectivity index (χ4n) is 3.69. The maximum absolute atomic E-state index is 14.5. The highest BCUT2D eigenvalue weighted by molar-refractivity contribution is 7.09. The van der Waals surface area contributed by atoms with E-state index in [0.717, 1.165) is 36.3 Å². The molecule has 130 valence electrons. The number of nitrogens with one attached hydrogen (secondary N) is 2. The molecule has 0 bridgehead atoms. The minimum absolute atomic E-state index is 0.0257. The first kappa shape index (κ1) is 16.2. The van der Waals surface area contributed by atoms with Gasteiger partial charge in [0.05, 0.1) is 11.1 Å². The lowest BCUT2D eigenvalue weighted by molar-refractivity contribution is -0.116. The average Bonchev–Trinajstić information content (AvgIpc) is 3.26. The van der Waals surface area contributed by atoms with Gasteiger partial charge in [0.1, 0.15) is 10.8 Å². The van der Waals surface area contributed by atoms with E-state index in [1.54, 1.807) is 12.3 Å². The first-order valence-corrected chi connectivity index (χ1v) is 9.30. The summed E-state index contributed by atoms with van der Waals surface area (Å²) in [7, 11) is 0. The number of aryl methyl sites for hydroxylation is 1. The molecule has 7 heteroatoms. The van der Waals surface area contributed by atoms with E-state index < -0.39 is 17.3 Å². The highest BCUT2D eigenvalue weighted by Crippen LogP contribution is 2.40. The third-order valence-electron chi connectivity index (χ3n) is 4.98. The number of aromatic nitrogens is 1. The van der Waals surface area contributed by atoms with Crippen molar-refractivity contribution in [3.05, 3.63) is 45.7 Å². The second-order valence-electron chi connectivity index (χ2n) is 6.62. The number of fused-ring (bicyclic) bond motifs is 1. The van der Waals surface area contributed by atoms with E-state index >= 15 is 0 Å². The molecule has 1 saturated carbocycles. The third-order valence-corrected chi connectivity index (χ3v) is 5.96. The number of hydrogen-bond donors (Lipinski definition) is 2. The van der Waals surface area contributed by atoms with E-state index in [4.69, 9.17) is 0 Å². The number of thiazole rings is 1. The standard InChI is InChI=1S/C18H18FN3O2S/c19-13-10-14-11(3-4-15(23)21-14)9-12(13)16(24)22-18(5-1-2-6-18)17-20-7-8-25-17/h7-10H,1-6H2,(H,21,23)(H,22,24). The van der Waals surface area contributed by atoms with Gasteiger partial charge in [-0.2, -0.15) is 0 Å². The number of amides is 2. The first-order valence-electron chi connectivity index (χ1n) is 8.42. The summed E-state index contributed by atoms with van der Waals surface area (Å²) >= 11 is 1.52. The van der Waals surface area contributed by atoms with Crippen molar-refractivity contribution in [2.24, 2.45) is 0 Å². The van der Waals surface area contributed by atoms with Crippen LogP contribution >= 0.6 is 11.3 Å². The molecule has 2 heterocycles. The van der Waals surface area contributed by atoms with Gasteiger partial charge in [0.2, 0.25) is 5.91 Å². The zero-order chi connectivity index (χ0) is 17.4. The van der Waals surface area contributed by atoms with Crippen molar-refractivity contribution in [1.82, 2.24) is 10.3 Å². The lowest BCUT2D eigenvalue weighted by atomic mass is 9.96. The summed E-state index contributed by atoms with van der Waals surface area (Å²) in [4.78, 5) is 28.6. The van der Waals surface area contributed by atoms with Crippen molar-refractivity contribution < 1.29 is 14.0 Å². The Kier molecular flexibility index (Phi) is 4.03. The number of benzene rings is 1. The number of carbonyl (C=O) groups excluding carboxylic acids is 2. The highest BCUT2D eigenvalue weighted by Gasteiger charge is 2.40. The summed E-state index contributed by atoms with van der Waals surface area (Å²) in [5.74, 6) is -1.17. The Hall–Kier alpha value is -2.28. The molecule has 1 fully saturated rings. The molecule has 2 N–H and O–H groups in total. The van der Waals surface area contributed by atoms with Crippen LogP contribution in [0.25, 0.3) is 0 Å². The molecular weight excluding hydrogens is 341 g/mol. The molecule has 0 unspecified atom stereocenters. The van der Waals surface area contributed by atoms with Crippen LogP contribution in [0.15, 0.2) is 23.7 Å². The van der Waals surface area contributed by atoms with E-state index in [9.17, 15) is 14.0 Å². The van der Waals surface area contributed by atoms with Crippen LogP contribution in [0.1, 0.15) is 53.0 Å². The van der Waals surface area contributed by atoms with Crippen LogP contribution < -0.4 is 10.6 Å². The molecule has 0 radical (unpaired) electrons. The van der Waals surface area contributed by atoms with E-state index in [2.05, 4.69) is 15.6 Å². The lowest BCUT2D eigenvalue weighted by Gasteiger charge is -2.28. The predicted octanol–water partition coefficient (Wildman–Crippen LogP) is 3.37. The van der Waals surface area contributed by atoms with Crippen LogP contribution in [0, 0.1) is 5.82 Å². The highest BCUT2D eigenvalue weighted by atomic mass is 32.1. The topological polar surface area (TPSA) is 71.1 Å². The molecule has 1 aliphatic carbocycles. The minimum atomic E-state index is -0.620. The van der Waals surface area contributed by atoms with Crippen LogP contribution in [-0.4, -0.2) is 16.8 Å². The Balaban J connectivity index is 1.64. The molecular formula is C18H18FN3O2S. The monoisotopic (exact) mass is 359 g/mol. The quantitative estimate of drug-likeness (QED) is 0.883. The Bertz CT molecular complexity index is 829. The van der Waals surface area contributed by atoms with Gasteiger partial charge in [0.25, 0.3) is 5.91 Å². The van der Waals surface area contributed by atoms with Gasteiger partial charge in [-0.25, -0.2) is 9.37 Å². The average molecular weight is 359 g/mol. The molecule has 4 rings (SSSR count). The Morgan fingerprint density at radius 1 is 1.28 bits per heavy atom. The van der Waals surface area contributed by atoms with Crippen molar-refractivity contribution in [2.45, 2.75) is 44.1 Å². The second kappa shape index (κ2) is 6.22. The van der Waals surface area contributed by atoms with Crippen LogP contribution in [0.4, 0.5) is 10.1 Å². The summed E-state index contributed by atoms with van der Waals surface area (Å²) in [5, 5.41) is 8.47. The fourth-order valence-corrected chi connectivity index (χ4v) is 4.54. The summed E-state index contributed by atoms with van der Waals surface area (Å²) in [6.07, 6.45) is 6.25. The lowest BCUT2D eigenvalue weighted by Crippen LogP contribution is -2.44. The number of rotatable bonds is 3. The van der Waals surface area contributed by atoms with Gasteiger partial charge >= 0.3 is 0 Å². The molecule has 0 saturated heterocycles. The molecule has 2 aromatic rings. The normalized spacial score (nSPS) is 18.5. The van der Waals surface area contributed by atoms with Gasteiger partial charge in [-0.1, -0.05) is 12.8 Å². The first-order chi connectivity index (χ1) is 12.1. The van der Waals surface area contributed by atoms with Crippen LogP contribution in [0.2, 0.25) is 0 Å². The summed E-state index contributed by atoms with van der Waals surface area (Å²) in [5.41, 5.74) is 0.779.